The van der Waals surface area contributed by atoms with E-state index in [2.05, 4.69) is 59.1 Å². The average Bonchev–Trinajstić information content (AvgIpc) is 2.93. The molecule has 0 spiro atoms. The number of piperidine rings is 1. The van der Waals surface area contributed by atoms with Crippen LogP contribution in [0.4, 0.5) is 0 Å². The Morgan fingerprint density at radius 3 is 2.84 bits per heavy atom. The summed E-state index contributed by atoms with van der Waals surface area (Å²) in [6.07, 6.45) is 16.1. The summed E-state index contributed by atoms with van der Waals surface area (Å²) in [5.74, 6) is 0. The van der Waals surface area contributed by atoms with Gasteiger partial charge in [0.05, 0.1) is 16.9 Å². The Balaban J connectivity index is 2.13. The van der Waals surface area contributed by atoms with E-state index in [0.717, 1.165) is 43.1 Å². The zero-order valence-corrected chi connectivity index (χ0v) is 19.5. The molecule has 1 saturated heterocycles. The molecule has 2 rings (SSSR count). The molecule has 1 aliphatic heterocycles. The lowest BCUT2D eigenvalue weighted by atomic mass is 9.72. The van der Waals surface area contributed by atoms with Crippen LogP contribution in [0.15, 0.2) is 84.7 Å². The topological polar surface area (TPSA) is 65.1 Å². The molecule has 5 nitrogen and oxygen atoms in total. The van der Waals surface area contributed by atoms with Gasteiger partial charge in [-0.05, 0) is 50.8 Å². The molecule has 6 heteroatoms. The van der Waals surface area contributed by atoms with Gasteiger partial charge in [0.1, 0.15) is 0 Å². The molecule has 0 amide bonds. The Morgan fingerprint density at radius 1 is 1.32 bits per heavy atom. The zero-order valence-electron chi connectivity index (χ0n) is 18.7. The van der Waals surface area contributed by atoms with Crippen molar-refractivity contribution in [2.75, 3.05) is 32.4 Å². The summed E-state index contributed by atoms with van der Waals surface area (Å²) in [6, 6.07) is 7.75. The fourth-order valence-corrected chi connectivity index (χ4v) is 4.10. The van der Waals surface area contributed by atoms with Gasteiger partial charge in [0, 0.05) is 30.3 Å². The summed E-state index contributed by atoms with van der Waals surface area (Å²) >= 11 is 1.64. The van der Waals surface area contributed by atoms with E-state index in [9.17, 15) is 0 Å². The highest BCUT2D eigenvalue weighted by molar-refractivity contribution is 8.13. The summed E-state index contributed by atoms with van der Waals surface area (Å²) < 4.78 is 0. The van der Waals surface area contributed by atoms with Gasteiger partial charge in [-0.25, -0.2) is 4.99 Å². The molecule has 1 aromatic heterocycles. The molecular weight excluding hydrogens is 402 g/mol. The largest absolute Gasteiger partial charge is 0.317 e. The maximum atomic E-state index is 4.77. The number of aliphatic imine (C=N–C) groups is 1. The van der Waals surface area contributed by atoms with Crippen molar-refractivity contribution in [1.82, 2.24) is 20.8 Å². The van der Waals surface area contributed by atoms with Crippen LogP contribution in [0.2, 0.25) is 0 Å². The van der Waals surface area contributed by atoms with Crippen LogP contribution in [0, 0.1) is 5.41 Å². The Labute approximate surface area is 191 Å². The molecule has 0 bridgehead atoms. The Kier molecular flexibility index (Phi) is 11.1. The first-order chi connectivity index (χ1) is 15.1. The van der Waals surface area contributed by atoms with E-state index in [1.165, 1.54) is 5.57 Å². The number of hydrogen-bond donors (Lipinski definition) is 3. The smallest absolute Gasteiger partial charge is 0.0874 e. The molecule has 0 radical (unpaired) electrons. The SMILES string of the molecule is C=C/C=C(\C=C/C)C1(CNCC(=NC(=C)c2ccccc[nH]nc2)SC)CCNCC1. The predicted octanol–water partition coefficient (Wildman–Crippen LogP) is 4.91. The van der Waals surface area contributed by atoms with E-state index in [0.29, 0.717) is 12.2 Å². The van der Waals surface area contributed by atoms with Gasteiger partial charge in [-0.3, -0.25) is 5.10 Å². The minimum atomic E-state index is 0.100. The zero-order chi connectivity index (χ0) is 22.4. The van der Waals surface area contributed by atoms with E-state index in [1.807, 2.05) is 36.6 Å². The van der Waals surface area contributed by atoms with Crippen molar-refractivity contribution < 1.29 is 0 Å². The minimum absolute atomic E-state index is 0.100. The fourth-order valence-electron chi connectivity index (χ4n) is 3.66. The maximum absolute atomic E-state index is 4.77. The third-order valence-corrected chi connectivity index (χ3v) is 6.04. The van der Waals surface area contributed by atoms with Gasteiger partial charge in [-0.15, -0.1) is 11.8 Å². The lowest BCUT2D eigenvalue weighted by Gasteiger charge is -2.39. The molecule has 0 aliphatic carbocycles. The molecule has 0 atom stereocenters. The van der Waals surface area contributed by atoms with Crippen LogP contribution >= 0.6 is 11.8 Å². The lowest BCUT2D eigenvalue weighted by Crippen LogP contribution is -2.45. The van der Waals surface area contributed by atoms with E-state index in [4.69, 9.17) is 4.99 Å². The van der Waals surface area contributed by atoms with Crippen LogP contribution in [0.1, 0.15) is 25.3 Å². The van der Waals surface area contributed by atoms with Crippen molar-refractivity contribution >= 4 is 22.5 Å². The normalized spacial score (nSPS) is 16.7. The van der Waals surface area contributed by atoms with Gasteiger partial charge in [0.2, 0.25) is 0 Å². The minimum Gasteiger partial charge on any atom is -0.317 e. The number of hydrogen-bond acceptors (Lipinski definition) is 5. The van der Waals surface area contributed by atoms with Crippen LogP contribution in [-0.2, 0) is 0 Å². The molecule has 1 aromatic rings. The van der Waals surface area contributed by atoms with Crippen molar-refractivity contribution in [2.45, 2.75) is 19.8 Å². The summed E-state index contributed by atoms with van der Waals surface area (Å²) in [7, 11) is 0. The van der Waals surface area contributed by atoms with Gasteiger partial charge >= 0.3 is 0 Å². The van der Waals surface area contributed by atoms with E-state index in [1.54, 1.807) is 24.2 Å². The molecular formula is C25H35N5S. The quantitative estimate of drug-likeness (QED) is 0.292. The molecule has 1 aliphatic rings. The molecule has 31 heavy (non-hydrogen) atoms. The number of aromatic amines is 1. The standard InChI is InChI=1S/C25H35N5S/c1-5-10-23(11-6-2)25(13-16-26-17-14-25)20-27-19-24(31-4)30-21(3)22-12-8-7-9-15-28-29-18-22/h5-12,15,18,26-28H,1,3,13-14,16-17,19-20H2,2,4H3/b8-7?,11-6-,15-9?,22-12?,23-10+,29-18?,30-24?. The second-order valence-corrected chi connectivity index (χ2v) is 8.28. The van der Waals surface area contributed by atoms with Crippen LogP contribution < -0.4 is 10.6 Å². The summed E-state index contributed by atoms with van der Waals surface area (Å²) in [5.41, 5.74) is 3.01. The first-order valence-electron chi connectivity index (χ1n) is 10.7. The maximum Gasteiger partial charge on any atom is 0.0874 e. The number of thioether (sulfide) groups is 1. The highest BCUT2D eigenvalue weighted by Gasteiger charge is 2.34. The van der Waals surface area contributed by atoms with Gasteiger partial charge < -0.3 is 10.6 Å². The number of nitrogens with zero attached hydrogens (tertiary/aromatic N) is 2. The van der Waals surface area contributed by atoms with Gasteiger partial charge in [0.15, 0.2) is 0 Å². The van der Waals surface area contributed by atoms with Crippen LogP contribution in [-0.4, -0.2) is 47.7 Å². The number of rotatable bonds is 9. The van der Waals surface area contributed by atoms with Crippen molar-refractivity contribution in [2.24, 2.45) is 10.4 Å². The highest BCUT2D eigenvalue weighted by Crippen LogP contribution is 2.37. The fraction of sp³-hybridized carbons (Fsp3) is 0.360. The second kappa shape index (κ2) is 13.8. The number of H-pyrrole nitrogens is 1. The van der Waals surface area contributed by atoms with Crippen molar-refractivity contribution in [3.63, 3.8) is 0 Å². The number of aromatic nitrogens is 2. The van der Waals surface area contributed by atoms with Crippen molar-refractivity contribution in [1.29, 1.82) is 0 Å². The molecule has 0 saturated carbocycles. The third kappa shape index (κ3) is 7.98. The van der Waals surface area contributed by atoms with Gasteiger partial charge in [0.25, 0.3) is 0 Å². The summed E-state index contributed by atoms with van der Waals surface area (Å²) in [6.45, 7) is 13.8. The van der Waals surface area contributed by atoms with Crippen LogP contribution in [0.3, 0.4) is 0 Å². The molecule has 166 valence electrons. The molecule has 2 heterocycles. The van der Waals surface area contributed by atoms with E-state index >= 15 is 0 Å². The molecule has 1 fully saturated rings. The van der Waals surface area contributed by atoms with Crippen molar-refractivity contribution in [3.8, 4) is 0 Å². The molecule has 0 aromatic carbocycles. The Hall–Kier alpha value is -2.41. The van der Waals surface area contributed by atoms with Gasteiger partial charge in [-0.2, -0.15) is 5.10 Å². The second-order valence-electron chi connectivity index (χ2n) is 7.40. The predicted molar refractivity (Wildman–Crippen MR) is 137 cm³/mol. The van der Waals surface area contributed by atoms with E-state index < -0.39 is 0 Å². The Morgan fingerprint density at radius 2 is 2.13 bits per heavy atom. The summed E-state index contributed by atoms with van der Waals surface area (Å²) in [5, 5.41) is 15.2. The summed E-state index contributed by atoms with van der Waals surface area (Å²) in [4.78, 5) is 4.77. The van der Waals surface area contributed by atoms with Gasteiger partial charge in [-0.1, -0.05) is 55.7 Å². The van der Waals surface area contributed by atoms with E-state index in [-0.39, 0.29) is 5.41 Å². The lowest BCUT2D eigenvalue weighted by molar-refractivity contribution is 0.252. The first-order valence-corrected chi connectivity index (χ1v) is 11.9. The number of allylic oxidation sites excluding steroid dienone is 4. The monoisotopic (exact) mass is 437 g/mol. The first kappa shape index (κ1) is 24.9. The molecule has 3 N–H and O–H groups in total. The van der Waals surface area contributed by atoms with Crippen molar-refractivity contribution in [3.05, 3.63) is 85.3 Å². The van der Waals surface area contributed by atoms with Crippen LogP contribution in [0.25, 0.3) is 5.70 Å². The van der Waals surface area contributed by atoms with Crippen LogP contribution in [0.5, 0.6) is 0 Å². The molecule has 0 unspecified atom stereocenters. The number of nitrogens with one attached hydrogen (secondary N) is 3. The average molecular weight is 438 g/mol. The highest BCUT2D eigenvalue weighted by atomic mass is 32.2. The third-order valence-electron chi connectivity index (χ3n) is 5.33. The Bertz CT molecular complexity index is 834.